The lowest BCUT2D eigenvalue weighted by atomic mass is 9.94. The fourth-order valence-electron chi connectivity index (χ4n) is 3.35. The van der Waals surface area contributed by atoms with Crippen molar-refractivity contribution in [2.75, 3.05) is 58.1 Å². The van der Waals surface area contributed by atoms with Gasteiger partial charge < -0.3 is 9.80 Å². The molecular weight excluding hydrogens is 346 g/mol. The van der Waals surface area contributed by atoms with Crippen molar-refractivity contribution in [3.8, 4) is 0 Å². The molecule has 0 aliphatic carbocycles. The minimum absolute atomic E-state index is 0.145. The molecule has 4 nitrogen and oxygen atoms in total. The summed E-state index contributed by atoms with van der Waals surface area (Å²) >= 11 is 0. The van der Waals surface area contributed by atoms with Gasteiger partial charge in [0.2, 0.25) is 0 Å². The maximum Gasteiger partial charge on any atom is 0.187 e. The zero-order valence-electron chi connectivity index (χ0n) is 17.4. The zero-order chi connectivity index (χ0) is 20.3. The van der Waals surface area contributed by atoms with E-state index in [1.807, 2.05) is 40.3 Å². The maximum atomic E-state index is 13.1. The van der Waals surface area contributed by atoms with Gasteiger partial charge in [-0.15, -0.1) is 0 Å². The van der Waals surface area contributed by atoms with E-state index in [1.165, 1.54) is 0 Å². The number of anilines is 2. The zero-order valence-corrected chi connectivity index (χ0v) is 17.4. The molecule has 0 N–H and O–H groups in total. The van der Waals surface area contributed by atoms with Crippen LogP contribution in [0.15, 0.2) is 59.7 Å². The van der Waals surface area contributed by atoms with Crippen molar-refractivity contribution in [2.24, 2.45) is 0 Å². The van der Waals surface area contributed by atoms with Gasteiger partial charge in [0, 0.05) is 63.8 Å². The molecule has 0 saturated carbocycles. The van der Waals surface area contributed by atoms with E-state index in [2.05, 4.69) is 70.3 Å². The normalized spacial score (nSPS) is 18.0. The Balaban J connectivity index is 1.85. The average Bonchev–Trinajstić information content (AvgIpc) is 2.66. The predicted molar refractivity (Wildman–Crippen MR) is 120 cm³/mol. The molecule has 1 heterocycles. The Labute approximate surface area is 168 Å². The number of carbonyl (C=O) groups is 1. The third kappa shape index (κ3) is 4.70. The Morgan fingerprint density at radius 2 is 1.07 bits per heavy atom. The Hall–Kier alpha value is -2.85. The molecular formula is C24H29N3O. The first kappa shape index (κ1) is 19.9. The second kappa shape index (κ2) is 8.44. The van der Waals surface area contributed by atoms with E-state index in [0.29, 0.717) is 13.1 Å². The fourth-order valence-corrected chi connectivity index (χ4v) is 3.35. The number of ketones is 1. The van der Waals surface area contributed by atoms with Crippen LogP contribution in [0.1, 0.15) is 11.1 Å². The molecule has 2 aromatic rings. The summed E-state index contributed by atoms with van der Waals surface area (Å²) in [4.78, 5) is 19.4. The van der Waals surface area contributed by atoms with Gasteiger partial charge in [0.25, 0.3) is 0 Å². The van der Waals surface area contributed by atoms with Gasteiger partial charge in [-0.3, -0.25) is 9.69 Å². The molecule has 0 unspecified atom stereocenters. The highest BCUT2D eigenvalue weighted by Crippen LogP contribution is 2.23. The van der Waals surface area contributed by atoms with Crippen LogP contribution in [0.4, 0.5) is 11.4 Å². The Morgan fingerprint density at radius 1 is 0.714 bits per heavy atom. The highest BCUT2D eigenvalue weighted by Gasteiger charge is 2.23. The van der Waals surface area contributed by atoms with Crippen molar-refractivity contribution in [2.45, 2.75) is 0 Å². The lowest BCUT2D eigenvalue weighted by molar-refractivity contribution is -0.113. The van der Waals surface area contributed by atoms with Crippen LogP contribution in [0.25, 0.3) is 12.2 Å². The van der Waals surface area contributed by atoms with Crippen LogP contribution in [0.2, 0.25) is 0 Å². The maximum absolute atomic E-state index is 13.1. The number of hydrogen-bond acceptors (Lipinski definition) is 4. The molecule has 0 amide bonds. The lowest BCUT2D eigenvalue weighted by Gasteiger charge is -2.26. The van der Waals surface area contributed by atoms with Crippen molar-refractivity contribution >= 4 is 29.3 Å². The van der Waals surface area contributed by atoms with Crippen LogP contribution in [0.3, 0.4) is 0 Å². The van der Waals surface area contributed by atoms with Gasteiger partial charge in [0.15, 0.2) is 5.78 Å². The number of likely N-dealkylation sites (N-methyl/N-ethyl adjacent to an activating group) is 1. The Morgan fingerprint density at radius 3 is 1.39 bits per heavy atom. The van der Waals surface area contributed by atoms with Gasteiger partial charge in [0.05, 0.1) is 0 Å². The van der Waals surface area contributed by atoms with Crippen molar-refractivity contribution in [3.05, 3.63) is 70.8 Å². The minimum Gasteiger partial charge on any atom is -0.378 e. The first-order chi connectivity index (χ1) is 13.3. The van der Waals surface area contributed by atoms with Crippen molar-refractivity contribution in [1.82, 2.24) is 4.90 Å². The number of hydrogen-bond donors (Lipinski definition) is 0. The minimum atomic E-state index is 0.145. The van der Waals surface area contributed by atoms with E-state index in [9.17, 15) is 4.79 Å². The van der Waals surface area contributed by atoms with E-state index in [0.717, 1.165) is 33.6 Å². The topological polar surface area (TPSA) is 26.8 Å². The molecule has 0 radical (unpaired) electrons. The molecule has 1 aliphatic rings. The number of benzene rings is 2. The standard InChI is InChI=1S/C24H29N3O/c1-25(2)22-10-6-18(7-11-22)14-20-16-27(5)17-21(24(20)28)15-19-8-12-23(13-9-19)26(3)4/h6-15H,16-17H2,1-5H3/b20-14+,21-15+. The SMILES string of the molecule is CN1C/C(=C\c2ccc(N(C)C)cc2)C(=O)/C(=C/c2ccc(N(C)C)cc2)C1. The second-order valence-electron chi connectivity index (χ2n) is 7.81. The summed E-state index contributed by atoms with van der Waals surface area (Å²) in [6.07, 6.45) is 4.03. The molecule has 1 aliphatic heterocycles. The number of nitrogens with zero attached hydrogens (tertiary/aromatic N) is 3. The molecule has 4 heteroatoms. The summed E-state index contributed by atoms with van der Waals surface area (Å²) in [6, 6.07) is 16.6. The molecule has 146 valence electrons. The number of carbonyl (C=O) groups excluding carboxylic acids is 1. The second-order valence-corrected chi connectivity index (χ2v) is 7.81. The summed E-state index contributed by atoms with van der Waals surface area (Å²) in [7, 11) is 10.1. The van der Waals surface area contributed by atoms with Crippen molar-refractivity contribution in [3.63, 3.8) is 0 Å². The summed E-state index contributed by atoms with van der Waals surface area (Å²) in [5.74, 6) is 0.145. The van der Waals surface area contributed by atoms with Gasteiger partial charge >= 0.3 is 0 Å². The quantitative estimate of drug-likeness (QED) is 0.760. The van der Waals surface area contributed by atoms with Crippen LogP contribution < -0.4 is 9.80 Å². The van der Waals surface area contributed by atoms with Gasteiger partial charge in [-0.1, -0.05) is 24.3 Å². The molecule has 0 aromatic heterocycles. The molecule has 3 rings (SSSR count). The first-order valence-electron chi connectivity index (χ1n) is 9.52. The number of rotatable bonds is 4. The molecule has 1 saturated heterocycles. The largest absolute Gasteiger partial charge is 0.378 e. The van der Waals surface area contributed by atoms with Crippen LogP contribution >= 0.6 is 0 Å². The Bertz CT molecular complexity index is 817. The van der Waals surface area contributed by atoms with Gasteiger partial charge in [-0.2, -0.15) is 0 Å². The summed E-state index contributed by atoms with van der Waals surface area (Å²) in [6.45, 7) is 1.34. The third-order valence-corrected chi connectivity index (χ3v) is 4.96. The molecule has 0 bridgehead atoms. The van der Waals surface area contributed by atoms with Crippen molar-refractivity contribution < 1.29 is 4.79 Å². The van der Waals surface area contributed by atoms with E-state index >= 15 is 0 Å². The Kier molecular flexibility index (Phi) is 6.00. The smallest absolute Gasteiger partial charge is 0.187 e. The van der Waals surface area contributed by atoms with Gasteiger partial charge in [-0.25, -0.2) is 0 Å². The van der Waals surface area contributed by atoms with Crippen LogP contribution in [-0.4, -0.2) is 59.0 Å². The predicted octanol–water partition coefficient (Wildman–Crippen LogP) is 3.80. The number of piperidine rings is 1. The number of Topliss-reactive ketones (excluding diaryl/α,β-unsaturated/α-hetero) is 1. The summed E-state index contributed by atoms with van der Waals surface area (Å²) < 4.78 is 0. The van der Waals surface area contributed by atoms with Gasteiger partial charge in [-0.05, 0) is 54.6 Å². The lowest BCUT2D eigenvalue weighted by Crippen LogP contribution is -2.34. The van der Waals surface area contributed by atoms with Crippen LogP contribution in [0, 0.1) is 0 Å². The average molecular weight is 376 g/mol. The van der Waals surface area contributed by atoms with Crippen molar-refractivity contribution in [1.29, 1.82) is 0 Å². The van der Waals surface area contributed by atoms with E-state index in [1.54, 1.807) is 0 Å². The molecule has 2 aromatic carbocycles. The monoisotopic (exact) mass is 375 g/mol. The molecule has 28 heavy (non-hydrogen) atoms. The fraction of sp³-hybridized carbons (Fsp3) is 0.292. The molecule has 1 fully saturated rings. The number of likely N-dealkylation sites (tertiary alicyclic amines) is 1. The summed E-state index contributed by atoms with van der Waals surface area (Å²) in [5, 5.41) is 0. The molecule has 0 spiro atoms. The summed E-state index contributed by atoms with van der Waals surface area (Å²) in [5.41, 5.74) is 6.08. The van der Waals surface area contributed by atoms with Gasteiger partial charge in [0.1, 0.15) is 0 Å². The first-order valence-corrected chi connectivity index (χ1v) is 9.52. The highest BCUT2D eigenvalue weighted by atomic mass is 16.1. The highest BCUT2D eigenvalue weighted by molar-refractivity contribution is 6.14. The molecule has 0 atom stereocenters. The third-order valence-electron chi connectivity index (χ3n) is 4.96. The van der Waals surface area contributed by atoms with E-state index in [-0.39, 0.29) is 5.78 Å². The van der Waals surface area contributed by atoms with Crippen LogP contribution in [-0.2, 0) is 4.79 Å². The van der Waals surface area contributed by atoms with Crippen LogP contribution in [0.5, 0.6) is 0 Å². The van der Waals surface area contributed by atoms with E-state index < -0.39 is 0 Å². The van der Waals surface area contributed by atoms with E-state index in [4.69, 9.17) is 0 Å².